The van der Waals surface area contributed by atoms with Gasteiger partial charge in [-0.2, -0.15) is 0 Å². The molecule has 5 rings (SSSR count). The van der Waals surface area contributed by atoms with Crippen LogP contribution in [0.2, 0.25) is 0 Å². The second-order valence-electron chi connectivity index (χ2n) is 8.51. The van der Waals surface area contributed by atoms with Crippen molar-refractivity contribution in [2.24, 2.45) is 11.1 Å². The van der Waals surface area contributed by atoms with Crippen molar-refractivity contribution >= 4 is 34.1 Å². The summed E-state index contributed by atoms with van der Waals surface area (Å²) in [5, 5.41) is 10.8. The first kappa shape index (κ1) is 23.1. The summed E-state index contributed by atoms with van der Waals surface area (Å²) in [7, 11) is 1.46. The molecule has 4 aromatic rings. The van der Waals surface area contributed by atoms with E-state index in [0.29, 0.717) is 52.4 Å². The fraction of sp³-hybridized carbons (Fsp3) is 0.148. The lowest BCUT2D eigenvalue weighted by Crippen LogP contribution is -2.41. The molecule has 8 nitrogen and oxygen atoms in total. The Labute approximate surface area is 205 Å². The van der Waals surface area contributed by atoms with Gasteiger partial charge in [-0.1, -0.05) is 0 Å². The molecule has 2 amide bonds. The molecule has 0 aliphatic heterocycles. The third-order valence-electron chi connectivity index (χ3n) is 6.24. The van der Waals surface area contributed by atoms with Gasteiger partial charge in [0.2, 0.25) is 11.8 Å². The van der Waals surface area contributed by atoms with Gasteiger partial charge in [-0.05, 0) is 73.5 Å². The Morgan fingerprint density at radius 1 is 1.00 bits per heavy atom. The van der Waals surface area contributed by atoms with Gasteiger partial charge >= 0.3 is 0 Å². The summed E-state index contributed by atoms with van der Waals surface area (Å²) >= 11 is 0. The van der Waals surface area contributed by atoms with Crippen LogP contribution in [0.15, 0.2) is 72.9 Å². The molecule has 1 aliphatic carbocycles. The van der Waals surface area contributed by atoms with E-state index in [-0.39, 0.29) is 5.75 Å². The van der Waals surface area contributed by atoms with E-state index in [9.17, 15) is 19.1 Å². The van der Waals surface area contributed by atoms with Crippen LogP contribution in [0.1, 0.15) is 12.8 Å². The average Bonchev–Trinajstić information content (AvgIpc) is 3.69. The summed E-state index contributed by atoms with van der Waals surface area (Å²) in [6.45, 7) is 0. The van der Waals surface area contributed by atoms with E-state index in [1.54, 1.807) is 42.6 Å². The smallest absolute Gasteiger partial charge is 0.247 e. The molecule has 3 aromatic carbocycles. The number of phenolic OH excluding ortho intramolecular Hbond substituents is 1. The molecular weight excluding hydrogens is 465 g/mol. The van der Waals surface area contributed by atoms with Crippen LogP contribution in [0.3, 0.4) is 0 Å². The number of ether oxygens (including phenoxy) is 2. The third-order valence-corrected chi connectivity index (χ3v) is 6.24. The Morgan fingerprint density at radius 2 is 1.64 bits per heavy atom. The van der Waals surface area contributed by atoms with Crippen LogP contribution in [0, 0.1) is 11.2 Å². The van der Waals surface area contributed by atoms with Crippen LogP contribution in [0.4, 0.5) is 15.8 Å². The number of pyridine rings is 1. The number of aromatic nitrogens is 1. The molecule has 36 heavy (non-hydrogen) atoms. The highest BCUT2D eigenvalue weighted by Gasteiger charge is 2.57. The van der Waals surface area contributed by atoms with Gasteiger partial charge < -0.3 is 20.3 Å². The maximum atomic E-state index is 13.5. The Bertz CT molecular complexity index is 1470. The molecule has 0 radical (unpaired) electrons. The first-order chi connectivity index (χ1) is 17.3. The zero-order chi connectivity index (χ0) is 25.4. The molecule has 1 fully saturated rings. The molecule has 0 bridgehead atoms. The number of hydrogen-bond donors (Lipinski definition) is 2. The number of halogens is 1. The summed E-state index contributed by atoms with van der Waals surface area (Å²) in [6.07, 6.45) is 2.32. The minimum absolute atomic E-state index is 0.0462. The maximum absolute atomic E-state index is 13.5. The predicted molar refractivity (Wildman–Crippen MR) is 131 cm³/mol. The molecule has 0 spiro atoms. The SMILES string of the molecule is COc1cc2nccc(Oc3ccc(N(C(=O)C4(C(N)=O)CC4)c4ccc(F)cc4)cc3)c2cc1O. The second-order valence-corrected chi connectivity index (χ2v) is 8.51. The van der Waals surface area contributed by atoms with E-state index in [0.717, 1.165) is 0 Å². The molecule has 1 heterocycles. The number of amides is 2. The lowest BCUT2D eigenvalue weighted by molar-refractivity contribution is -0.133. The topological polar surface area (TPSA) is 115 Å². The van der Waals surface area contributed by atoms with Crippen LogP contribution in [0.25, 0.3) is 10.9 Å². The molecule has 3 N–H and O–H groups in total. The van der Waals surface area contributed by atoms with Crippen molar-refractivity contribution in [1.29, 1.82) is 0 Å². The number of anilines is 2. The van der Waals surface area contributed by atoms with E-state index in [1.165, 1.54) is 42.3 Å². The normalized spacial score (nSPS) is 13.7. The van der Waals surface area contributed by atoms with E-state index < -0.39 is 23.0 Å². The Hall–Kier alpha value is -4.66. The van der Waals surface area contributed by atoms with Gasteiger partial charge in [-0.25, -0.2) is 4.39 Å². The highest BCUT2D eigenvalue weighted by molar-refractivity contribution is 6.16. The minimum atomic E-state index is -1.26. The Kier molecular flexibility index (Phi) is 5.68. The van der Waals surface area contributed by atoms with Crippen molar-refractivity contribution in [2.75, 3.05) is 12.0 Å². The number of primary amides is 1. The maximum Gasteiger partial charge on any atom is 0.247 e. The monoisotopic (exact) mass is 487 g/mol. The van der Waals surface area contributed by atoms with Crippen LogP contribution in [-0.4, -0.2) is 29.0 Å². The Morgan fingerprint density at radius 3 is 2.22 bits per heavy atom. The van der Waals surface area contributed by atoms with Crippen molar-refractivity contribution in [3.63, 3.8) is 0 Å². The standard InChI is InChI=1S/C27H22FN3O5/c1-35-24-15-21-20(14-22(24)32)23(10-13-30-21)36-19-8-6-18(7-9-19)31(17-4-2-16(28)3-5-17)26(34)27(11-12-27)25(29)33/h2-10,13-15,32H,11-12H2,1H3,(H2,29,33). The summed E-state index contributed by atoms with van der Waals surface area (Å²) in [6, 6.07) is 16.9. The van der Waals surface area contributed by atoms with Gasteiger partial charge in [0, 0.05) is 29.0 Å². The fourth-order valence-corrected chi connectivity index (χ4v) is 4.06. The van der Waals surface area contributed by atoms with Crippen LogP contribution >= 0.6 is 0 Å². The average molecular weight is 487 g/mol. The molecule has 0 saturated heterocycles. The quantitative estimate of drug-likeness (QED) is 0.362. The van der Waals surface area contributed by atoms with Gasteiger partial charge in [0.15, 0.2) is 11.5 Å². The highest BCUT2D eigenvalue weighted by atomic mass is 19.1. The third kappa shape index (κ3) is 4.04. The zero-order valence-electron chi connectivity index (χ0n) is 19.3. The molecule has 0 atom stereocenters. The molecular formula is C27H22FN3O5. The second kappa shape index (κ2) is 8.84. The summed E-state index contributed by atoms with van der Waals surface area (Å²) in [5.74, 6) is -0.406. The molecule has 1 aliphatic rings. The van der Waals surface area contributed by atoms with Gasteiger partial charge in [0.25, 0.3) is 0 Å². The zero-order valence-corrected chi connectivity index (χ0v) is 19.3. The van der Waals surface area contributed by atoms with E-state index in [4.69, 9.17) is 15.2 Å². The number of rotatable bonds is 7. The molecule has 9 heteroatoms. The lowest BCUT2D eigenvalue weighted by Gasteiger charge is -2.26. The van der Waals surface area contributed by atoms with Crippen LogP contribution in [-0.2, 0) is 9.59 Å². The molecule has 1 aromatic heterocycles. The van der Waals surface area contributed by atoms with Gasteiger partial charge in [-0.3, -0.25) is 19.5 Å². The van der Waals surface area contributed by atoms with Crippen molar-refractivity contribution in [2.45, 2.75) is 12.8 Å². The number of carbonyl (C=O) groups excluding carboxylic acids is 2. The Balaban J connectivity index is 1.48. The van der Waals surface area contributed by atoms with E-state index in [2.05, 4.69) is 4.98 Å². The largest absolute Gasteiger partial charge is 0.504 e. The van der Waals surface area contributed by atoms with Crippen molar-refractivity contribution < 1.29 is 28.6 Å². The fourth-order valence-electron chi connectivity index (χ4n) is 4.06. The van der Waals surface area contributed by atoms with Gasteiger partial charge in [-0.15, -0.1) is 0 Å². The number of nitrogens with two attached hydrogens (primary N) is 1. The number of phenols is 1. The first-order valence-corrected chi connectivity index (χ1v) is 11.2. The van der Waals surface area contributed by atoms with Crippen LogP contribution < -0.4 is 20.1 Å². The number of hydrogen-bond acceptors (Lipinski definition) is 6. The highest BCUT2D eigenvalue weighted by Crippen LogP contribution is 2.49. The number of methoxy groups -OCH3 is 1. The molecule has 0 unspecified atom stereocenters. The van der Waals surface area contributed by atoms with Crippen molar-refractivity contribution in [3.8, 4) is 23.0 Å². The van der Waals surface area contributed by atoms with Crippen molar-refractivity contribution in [1.82, 2.24) is 4.98 Å². The van der Waals surface area contributed by atoms with Crippen LogP contribution in [0.5, 0.6) is 23.0 Å². The molecule has 1 saturated carbocycles. The summed E-state index contributed by atoms with van der Waals surface area (Å²) in [5.41, 5.74) is 5.73. The van der Waals surface area contributed by atoms with Crippen molar-refractivity contribution in [3.05, 3.63) is 78.7 Å². The lowest BCUT2D eigenvalue weighted by atomic mass is 10.0. The number of fused-ring (bicyclic) bond motifs is 1. The predicted octanol–water partition coefficient (Wildman–Crippen LogP) is 4.81. The summed E-state index contributed by atoms with van der Waals surface area (Å²) < 4.78 is 24.7. The number of aromatic hydroxyl groups is 1. The van der Waals surface area contributed by atoms with Gasteiger partial charge in [0.05, 0.1) is 12.6 Å². The summed E-state index contributed by atoms with van der Waals surface area (Å²) in [4.78, 5) is 31.1. The minimum Gasteiger partial charge on any atom is -0.504 e. The number of benzene rings is 3. The first-order valence-electron chi connectivity index (χ1n) is 11.2. The van der Waals surface area contributed by atoms with E-state index in [1.807, 2.05) is 0 Å². The number of carbonyl (C=O) groups is 2. The molecule has 182 valence electrons. The van der Waals surface area contributed by atoms with Gasteiger partial charge in [0.1, 0.15) is 22.7 Å². The number of nitrogens with zero attached hydrogens (tertiary/aromatic N) is 2. The van der Waals surface area contributed by atoms with E-state index >= 15 is 0 Å².